The molecule has 92 valence electrons. The number of nitrogens with zero attached hydrogens (tertiary/aromatic N) is 2. The highest BCUT2D eigenvalue weighted by Gasteiger charge is 2.14. The monoisotopic (exact) mass is 233 g/mol. The van der Waals surface area contributed by atoms with Crippen molar-refractivity contribution in [3.63, 3.8) is 0 Å². The highest BCUT2D eigenvalue weighted by atomic mass is 16.3. The largest absolute Gasteiger partial charge is 0.468 e. The van der Waals surface area contributed by atoms with Crippen molar-refractivity contribution in [3.05, 3.63) is 42.1 Å². The zero-order valence-electron chi connectivity index (χ0n) is 10.6. The summed E-state index contributed by atoms with van der Waals surface area (Å²) in [6.07, 6.45) is 5.69. The highest BCUT2D eigenvalue weighted by molar-refractivity contribution is 5.11. The lowest BCUT2D eigenvalue weighted by Gasteiger charge is -2.17. The molecule has 17 heavy (non-hydrogen) atoms. The average molecular weight is 233 g/mol. The van der Waals surface area contributed by atoms with Gasteiger partial charge in [0.25, 0.3) is 0 Å². The van der Waals surface area contributed by atoms with Crippen molar-refractivity contribution in [1.82, 2.24) is 15.1 Å². The van der Waals surface area contributed by atoms with Crippen LogP contribution in [0.4, 0.5) is 0 Å². The summed E-state index contributed by atoms with van der Waals surface area (Å²) in [5, 5.41) is 7.77. The van der Waals surface area contributed by atoms with Crippen molar-refractivity contribution in [3.8, 4) is 0 Å². The van der Waals surface area contributed by atoms with Crippen molar-refractivity contribution in [2.75, 3.05) is 0 Å². The van der Waals surface area contributed by atoms with Crippen LogP contribution in [-0.2, 0) is 6.54 Å². The fourth-order valence-electron chi connectivity index (χ4n) is 1.87. The molecule has 2 heterocycles. The first-order valence-corrected chi connectivity index (χ1v) is 6.02. The van der Waals surface area contributed by atoms with Gasteiger partial charge in [0.2, 0.25) is 0 Å². The molecule has 2 rings (SSSR count). The molecular weight excluding hydrogens is 214 g/mol. The van der Waals surface area contributed by atoms with Crippen molar-refractivity contribution in [2.45, 2.75) is 39.4 Å². The summed E-state index contributed by atoms with van der Waals surface area (Å²) < 4.78 is 7.31. The minimum atomic E-state index is 0.199. The molecule has 4 heteroatoms. The minimum Gasteiger partial charge on any atom is -0.468 e. The van der Waals surface area contributed by atoms with Crippen LogP contribution >= 0.6 is 0 Å². The molecule has 2 atom stereocenters. The lowest BCUT2D eigenvalue weighted by molar-refractivity contribution is 0.403. The molecule has 0 saturated heterocycles. The van der Waals surface area contributed by atoms with Gasteiger partial charge >= 0.3 is 0 Å². The molecule has 0 aromatic carbocycles. The summed E-state index contributed by atoms with van der Waals surface area (Å²) in [5.74, 6) is 0.958. The molecule has 1 N–H and O–H groups in total. The minimum absolute atomic E-state index is 0.199. The Morgan fingerprint density at radius 2 is 2.24 bits per heavy atom. The third kappa shape index (κ3) is 2.77. The van der Waals surface area contributed by atoms with E-state index in [-0.39, 0.29) is 12.1 Å². The van der Waals surface area contributed by atoms with Crippen LogP contribution in [0.15, 0.2) is 35.2 Å². The predicted molar refractivity (Wildman–Crippen MR) is 66.6 cm³/mol. The van der Waals surface area contributed by atoms with E-state index >= 15 is 0 Å². The Kier molecular flexibility index (Phi) is 3.64. The van der Waals surface area contributed by atoms with Gasteiger partial charge in [-0.3, -0.25) is 4.68 Å². The van der Waals surface area contributed by atoms with E-state index in [1.54, 1.807) is 6.26 Å². The van der Waals surface area contributed by atoms with Crippen LogP contribution in [0.25, 0.3) is 0 Å². The molecule has 0 radical (unpaired) electrons. The Hall–Kier alpha value is -1.55. The fourth-order valence-corrected chi connectivity index (χ4v) is 1.87. The summed E-state index contributed by atoms with van der Waals surface area (Å²) in [7, 11) is 0. The lowest BCUT2D eigenvalue weighted by atomic mass is 10.1. The van der Waals surface area contributed by atoms with Crippen LogP contribution in [0.1, 0.15) is 44.2 Å². The van der Waals surface area contributed by atoms with E-state index in [1.807, 2.05) is 23.0 Å². The van der Waals surface area contributed by atoms with Crippen LogP contribution in [0, 0.1) is 0 Å². The molecule has 0 aliphatic rings. The van der Waals surface area contributed by atoms with Gasteiger partial charge in [-0.25, -0.2) is 0 Å². The molecule has 1 unspecified atom stereocenters. The van der Waals surface area contributed by atoms with E-state index in [9.17, 15) is 0 Å². The second-order valence-corrected chi connectivity index (χ2v) is 4.25. The smallest absolute Gasteiger partial charge is 0.120 e. The fraction of sp³-hybridized carbons (Fsp3) is 0.462. The van der Waals surface area contributed by atoms with Crippen LogP contribution in [0.3, 0.4) is 0 Å². The maximum Gasteiger partial charge on any atom is 0.120 e. The van der Waals surface area contributed by atoms with Gasteiger partial charge in [0.1, 0.15) is 5.76 Å². The van der Waals surface area contributed by atoms with Gasteiger partial charge in [0.05, 0.1) is 18.5 Å². The molecule has 0 fully saturated rings. The second kappa shape index (κ2) is 5.19. The number of furan rings is 1. The van der Waals surface area contributed by atoms with Gasteiger partial charge in [-0.1, -0.05) is 0 Å². The van der Waals surface area contributed by atoms with E-state index < -0.39 is 0 Å². The maximum atomic E-state index is 5.38. The quantitative estimate of drug-likeness (QED) is 0.863. The van der Waals surface area contributed by atoms with Crippen molar-refractivity contribution < 1.29 is 4.42 Å². The Morgan fingerprint density at radius 1 is 1.41 bits per heavy atom. The van der Waals surface area contributed by atoms with Gasteiger partial charge in [0.15, 0.2) is 0 Å². The first-order valence-electron chi connectivity index (χ1n) is 6.02. The topological polar surface area (TPSA) is 43.0 Å². The van der Waals surface area contributed by atoms with Crippen LogP contribution < -0.4 is 5.32 Å². The van der Waals surface area contributed by atoms with E-state index in [0.29, 0.717) is 0 Å². The number of aromatic nitrogens is 2. The molecule has 0 aliphatic carbocycles. The summed E-state index contributed by atoms with van der Waals surface area (Å²) in [6, 6.07) is 4.35. The van der Waals surface area contributed by atoms with Gasteiger partial charge in [-0.05, 0) is 32.9 Å². The molecule has 0 amide bonds. The third-order valence-electron chi connectivity index (χ3n) is 2.95. The van der Waals surface area contributed by atoms with E-state index in [2.05, 4.69) is 37.4 Å². The molecule has 0 saturated carbocycles. The van der Waals surface area contributed by atoms with Gasteiger partial charge in [-0.15, -0.1) is 0 Å². The van der Waals surface area contributed by atoms with Crippen molar-refractivity contribution in [1.29, 1.82) is 0 Å². The Labute approximate surface area is 102 Å². The molecule has 2 aromatic rings. The summed E-state index contributed by atoms with van der Waals surface area (Å²) in [4.78, 5) is 0. The summed E-state index contributed by atoms with van der Waals surface area (Å²) in [6.45, 7) is 7.22. The van der Waals surface area contributed by atoms with Crippen LogP contribution in [0.2, 0.25) is 0 Å². The third-order valence-corrected chi connectivity index (χ3v) is 2.95. The Morgan fingerprint density at radius 3 is 2.82 bits per heavy atom. The molecule has 0 spiro atoms. The number of rotatable bonds is 5. The maximum absolute atomic E-state index is 5.38. The first kappa shape index (κ1) is 11.9. The summed E-state index contributed by atoms with van der Waals surface area (Å²) >= 11 is 0. The normalized spacial score (nSPS) is 14.8. The molecule has 0 bridgehead atoms. The second-order valence-electron chi connectivity index (χ2n) is 4.25. The van der Waals surface area contributed by atoms with E-state index in [0.717, 1.165) is 12.3 Å². The molecular formula is C13H19N3O. The number of aryl methyl sites for hydroxylation is 1. The Balaban J connectivity index is 1.99. The van der Waals surface area contributed by atoms with Gasteiger partial charge in [0, 0.05) is 24.3 Å². The zero-order valence-corrected chi connectivity index (χ0v) is 10.6. The SMILES string of the molecule is CCn1cc(C(C)N[C@@H](C)c2ccco2)cn1. The Bertz CT molecular complexity index is 447. The van der Waals surface area contributed by atoms with Gasteiger partial charge in [-0.2, -0.15) is 5.10 Å². The molecule has 0 aliphatic heterocycles. The zero-order chi connectivity index (χ0) is 12.3. The average Bonchev–Trinajstić information content (AvgIpc) is 3.00. The number of nitrogens with one attached hydrogen (secondary N) is 1. The van der Waals surface area contributed by atoms with Crippen LogP contribution in [-0.4, -0.2) is 9.78 Å². The lowest BCUT2D eigenvalue weighted by Crippen LogP contribution is -2.21. The predicted octanol–water partition coefficient (Wildman–Crippen LogP) is 2.91. The van der Waals surface area contributed by atoms with Crippen LogP contribution in [0.5, 0.6) is 0 Å². The van der Waals surface area contributed by atoms with Crippen molar-refractivity contribution in [2.24, 2.45) is 0 Å². The standard InChI is InChI=1S/C13H19N3O/c1-4-16-9-12(8-14-16)10(2)15-11(3)13-6-5-7-17-13/h5-11,15H,4H2,1-3H3/t10?,11-/m0/s1. The number of hydrogen-bond acceptors (Lipinski definition) is 3. The summed E-state index contributed by atoms with van der Waals surface area (Å²) in [5.41, 5.74) is 1.20. The van der Waals surface area contributed by atoms with Gasteiger partial charge < -0.3 is 9.73 Å². The van der Waals surface area contributed by atoms with E-state index in [1.165, 1.54) is 5.56 Å². The molecule has 4 nitrogen and oxygen atoms in total. The van der Waals surface area contributed by atoms with Crippen molar-refractivity contribution >= 4 is 0 Å². The first-order chi connectivity index (χ1) is 8.20. The molecule has 2 aromatic heterocycles. The number of hydrogen-bond donors (Lipinski definition) is 1. The highest BCUT2D eigenvalue weighted by Crippen LogP contribution is 2.19. The van der Waals surface area contributed by atoms with E-state index in [4.69, 9.17) is 4.42 Å².